The third-order valence-electron chi connectivity index (χ3n) is 4.41. The van der Waals surface area contributed by atoms with E-state index >= 15 is 0 Å². The fourth-order valence-electron chi connectivity index (χ4n) is 2.98. The minimum atomic E-state index is 0.0408. The number of amides is 1. The van der Waals surface area contributed by atoms with Crippen LogP contribution in [0.15, 0.2) is 46.9 Å². The molecule has 1 saturated heterocycles. The predicted molar refractivity (Wildman–Crippen MR) is 100.0 cm³/mol. The van der Waals surface area contributed by atoms with Crippen LogP contribution in [-0.4, -0.2) is 44.1 Å². The van der Waals surface area contributed by atoms with E-state index in [2.05, 4.69) is 46.0 Å². The van der Waals surface area contributed by atoms with E-state index in [1.54, 1.807) is 7.11 Å². The highest BCUT2D eigenvalue weighted by Gasteiger charge is 2.24. The number of piperazine rings is 1. The second-order valence-corrected chi connectivity index (χ2v) is 6.77. The van der Waals surface area contributed by atoms with E-state index in [1.807, 2.05) is 29.2 Å². The van der Waals surface area contributed by atoms with Crippen molar-refractivity contribution in [2.45, 2.75) is 6.92 Å². The molecule has 0 unspecified atom stereocenters. The van der Waals surface area contributed by atoms with E-state index in [9.17, 15) is 4.79 Å². The zero-order chi connectivity index (χ0) is 17.1. The summed E-state index contributed by atoms with van der Waals surface area (Å²) in [6, 6.07) is 13.8. The molecule has 24 heavy (non-hydrogen) atoms. The van der Waals surface area contributed by atoms with Crippen LogP contribution < -0.4 is 9.64 Å². The van der Waals surface area contributed by atoms with Gasteiger partial charge in [-0.2, -0.15) is 0 Å². The monoisotopic (exact) mass is 388 g/mol. The average Bonchev–Trinajstić information content (AvgIpc) is 2.63. The van der Waals surface area contributed by atoms with Gasteiger partial charge in [0.1, 0.15) is 5.75 Å². The molecule has 0 bridgehead atoms. The summed E-state index contributed by atoms with van der Waals surface area (Å²) < 4.78 is 6.43. The van der Waals surface area contributed by atoms with Crippen molar-refractivity contribution in [2.75, 3.05) is 38.2 Å². The third kappa shape index (κ3) is 3.41. The molecular weight excluding hydrogens is 368 g/mol. The van der Waals surface area contributed by atoms with E-state index < -0.39 is 0 Å². The summed E-state index contributed by atoms with van der Waals surface area (Å²) in [5.41, 5.74) is 3.06. The van der Waals surface area contributed by atoms with Crippen molar-refractivity contribution in [1.29, 1.82) is 0 Å². The molecule has 4 nitrogen and oxygen atoms in total. The normalized spacial score (nSPS) is 14.6. The Morgan fingerprint density at radius 3 is 2.46 bits per heavy atom. The third-order valence-corrected chi connectivity index (χ3v) is 5.30. The molecule has 0 aliphatic carbocycles. The Bertz CT molecular complexity index is 740. The molecule has 0 atom stereocenters. The first kappa shape index (κ1) is 16.8. The van der Waals surface area contributed by atoms with Crippen molar-refractivity contribution in [3.63, 3.8) is 0 Å². The van der Waals surface area contributed by atoms with Gasteiger partial charge in [0.25, 0.3) is 5.91 Å². The van der Waals surface area contributed by atoms with Crippen LogP contribution in [0.1, 0.15) is 15.9 Å². The molecule has 0 spiro atoms. The number of hydrogen-bond donors (Lipinski definition) is 0. The van der Waals surface area contributed by atoms with E-state index in [-0.39, 0.29) is 5.91 Å². The van der Waals surface area contributed by atoms with Gasteiger partial charge in [-0.3, -0.25) is 4.79 Å². The Morgan fingerprint density at radius 1 is 1.08 bits per heavy atom. The Kier molecular flexibility index (Phi) is 5.09. The average molecular weight is 389 g/mol. The second kappa shape index (κ2) is 7.26. The van der Waals surface area contributed by atoms with Gasteiger partial charge in [-0.25, -0.2) is 0 Å². The van der Waals surface area contributed by atoms with Gasteiger partial charge in [0.15, 0.2) is 0 Å². The summed E-state index contributed by atoms with van der Waals surface area (Å²) in [7, 11) is 1.60. The Morgan fingerprint density at radius 2 is 1.79 bits per heavy atom. The molecule has 2 aromatic rings. The number of carbonyl (C=O) groups is 1. The number of carbonyl (C=O) groups excluding carboxylic acids is 1. The van der Waals surface area contributed by atoms with Crippen LogP contribution in [-0.2, 0) is 0 Å². The van der Waals surface area contributed by atoms with E-state index in [0.717, 1.165) is 17.6 Å². The van der Waals surface area contributed by atoms with Crippen molar-refractivity contribution in [3.8, 4) is 5.75 Å². The molecule has 1 heterocycles. The first-order valence-corrected chi connectivity index (χ1v) is 8.83. The highest BCUT2D eigenvalue weighted by atomic mass is 79.9. The zero-order valence-electron chi connectivity index (χ0n) is 14.0. The maximum atomic E-state index is 12.7. The minimum Gasteiger partial charge on any atom is -0.496 e. The lowest BCUT2D eigenvalue weighted by Crippen LogP contribution is -2.48. The first-order valence-electron chi connectivity index (χ1n) is 8.03. The summed E-state index contributed by atoms with van der Waals surface area (Å²) in [5.74, 6) is 0.674. The van der Waals surface area contributed by atoms with Crippen molar-refractivity contribution >= 4 is 27.5 Å². The van der Waals surface area contributed by atoms with Crippen LogP contribution in [0.4, 0.5) is 5.69 Å². The SMILES string of the molecule is COc1ccccc1C(=O)N1CCN(c2ccc(Br)c(C)c2)CC1. The molecule has 5 heteroatoms. The fourth-order valence-corrected chi connectivity index (χ4v) is 3.23. The lowest BCUT2D eigenvalue weighted by atomic mass is 10.1. The number of anilines is 1. The number of para-hydroxylation sites is 1. The molecule has 0 saturated carbocycles. The highest BCUT2D eigenvalue weighted by molar-refractivity contribution is 9.10. The van der Waals surface area contributed by atoms with Gasteiger partial charge >= 0.3 is 0 Å². The summed E-state index contributed by atoms with van der Waals surface area (Å²) in [5, 5.41) is 0. The predicted octanol–water partition coefficient (Wildman–Crippen LogP) is 3.73. The zero-order valence-corrected chi connectivity index (χ0v) is 15.5. The molecule has 0 aromatic heterocycles. The number of methoxy groups -OCH3 is 1. The quantitative estimate of drug-likeness (QED) is 0.802. The number of hydrogen-bond acceptors (Lipinski definition) is 3. The van der Waals surface area contributed by atoms with Crippen LogP contribution in [0, 0.1) is 6.92 Å². The van der Waals surface area contributed by atoms with Gasteiger partial charge in [-0.1, -0.05) is 28.1 Å². The van der Waals surface area contributed by atoms with Crippen LogP contribution in [0.2, 0.25) is 0 Å². The Balaban J connectivity index is 1.68. The van der Waals surface area contributed by atoms with Gasteiger partial charge in [-0.05, 0) is 42.8 Å². The van der Waals surface area contributed by atoms with Crippen molar-refractivity contribution in [3.05, 3.63) is 58.1 Å². The smallest absolute Gasteiger partial charge is 0.257 e. The molecule has 1 amide bonds. The largest absolute Gasteiger partial charge is 0.496 e. The molecule has 0 N–H and O–H groups in total. The first-order chi connectivity index (χ1) is 11.6. The van der Waals surface area contributed by atoms with Crippen molar-refractivity contribution in [2.24, 2.45) is 0 Å². The Hall–Kier alpha value is -2.01. The summed E-state index contributed by atoms with van der Waals surface area (Å²) in [4.78, 5) is 17.0. The van der Waals surface area contributed by atoms with Crippen molar-refractivity contribution < 1.29 is 9.53 Å². The summed E-state index contributed by atoms with van der Waals surface area (Å²) in [6.07, 6.45) is 0. The Labute approximate surface area is 151 Å². The summed E-state index contributed by atoms with van der Waals surface area (Å²) >= 11 is 3.54. The lowest BCUT2D eigenvalue weighted by molar-refractivity contribution is 0.0743. The van der Waals surface area contributed by atoms with Gasteiger partial charge in [-0.15, -0.1) is 0 Å². The number of halogens is 1. The van der Waals surface area contributed by atoms with Crippen LogP contribution in [0.25, 0.3) is 0 Å². The number of aryl methyl sites for hydroxylation is 1. The molecular formula is C19H21BrN2O2. The number of ether oxygens (including phenoxy) is 1. The summed E-state index contributed by atoms with van der Waals surface area (Å²) in [6.45, 7) is 5.19. The van der Waals surface area contributed by atoms with E-state index in [4.69, 9.17) is 4.74 Å². The number of nitrogens with zero attached hydrogens (tertiary/aromatic N) is 2. The van der Waals surface area contributed by atoms with Crippen LogP contribution in [0.3, 0.4) is 0 Å². The highest BCUT2D eigenvalue weighted by Crippen LogP contribution is 2.25. The van der Waals surface area contributed by atoms with Gasteiger partial charge < -0.3 is 14.5 Å². The van der Waals surface area contributed by atoms with Gasteiger partial charge in [0.2, 0.25) is 0 Å². The van der Waals surface area contributed by atoms with Crippen molar-refractivity contribution in [1.82, 2.24) is 4.90 Å². The molecule has 1 fully saturated rings. The van der Waals surface area contributed by atoms with Crippen LogP contribution in [0.5, 0.6) is 5.75 Å². The van der Waals surface area contributed by atoms with E-state index in [0.29, 0.717) is 24.4 Å². The number of benzene rings is 2. The molecule has 2 aromatic carbocycles. The fraction of sp³-hybridized carbons (Fsp3) is 0.316. The minimum absolute atomic E-state index is 0.0408. The lowest BCUT2D eigenvalue weighted by Gasteiger charge is -2.36. The topological polar surface area (TPSA) is 32.8 Å². The van der Waals surface area contributed by atoms with Gasteiger partial charge in [0, 0.05) is 36.3 Å². The molecule has 126 valence electrons. The number of rotatable bonds is 3. The molecule has 1 aliphatic heterocycles. The molecule has 0 radical (unpaired) electrons. The van der Waals surface area contributed by atoms with E-state index in [1.165, 1.54) is 11.3 Å². The molecule has 3 rings (SSSR count). The van der Waals surface area contributed by atoms with Crippen LogP contribution >= 0.6 is 15.9 Å². The second-order valence-electron chi connectivity index (χ2n) is 5.91. The molecule has 1 aliphatic rings. The van der Waals surface area contributed by atoms with Gasteiger partial charge in [0.05, 0.1) is 12.7 Å². The maximum absolute atomic E-state index is 12.7. The maximum Gasteiger partial charge on any atom is 0.257 e. The standard InChI is InChI=1S/C19H21BrN2O2/c1-14-13-15(7-8-17(14)20)21-9-11-22(12-10-21)19(23)16-5-3-4-6-18(16)24-2/h3-8,13H,9-12H2,1-2H3.